The number of rotatable bonds is 4. The van der Waals surface area contributed by atoms with E-state index in [2.05, 4.69) is 4.90 Å². The largest absolute Gasteiger partial charge is 0.468 e. The van der Waals surface area contributed by atoms with Gasteiger partial charge in [-0.3, -0.25) is 29.0 Å². The van der Waals surface area contributed by atoms with Gasteiger partial charge in [0, 0.05) is 28.9 Å². The van der Waals surface area contributed by atoms with Crippen LogP contribution < -0.4 is 0 Å². The first-order valence-corrected chi connectivity index (χ1v) is 12.1. The van der Waals surface area contributed by atoms with Crippen molar-refractivity contribution in [2.45, 2.75) is 37.8 Å². The Hall–Kier alpha value is -2.84. The molecule has 0 spiro atoms. The normalized spacial score (nSPS) is 29.2. The van der Waals surface area contributed by atoms with Crippen LogP contribution in [-0.4, -0.2) is 59.6 Å². The van der Waals surface area contributed by atoms with Gasteiger partial charge in [0.25, 0.3) is 0 Å². The predicted molar refractivity (Wildman–Crippen MR) is 123 cm³/mol. The molecule has 3 unspecified atom stereocenters. The molecule has 1 aromatic carbocycles. The van der Waals surface area contributed by atoms with Gasteiger partial charge in [0.2, 0.25) is 11.8 Å². The number of ether oxygens (including phenoxy) is 1. The van der Waals surface area contributed by atoms with Crippen LogP contribution in [0.25, 0.3) is 10.4 Å². The van der Waals surface area contributed by atoms with Crippen LogP contribution in [0.3, 0.4) is 0 Å². The van der Waals surface area contributed by atoms with E-state index in [4.69, 9.17) is 4.74 Å². The number of esters is 1. The molecule has 3 aliphatic rings. The number of carbonyl (C=O) groups is 4. The average molecular weight is 467 g/mol. The van der Waals surface area contributed by atoms with Crippen LogP contribution in [0.1, 0.15) is 48.1 Å². The second-order valence-electron chi connectivity index (χ2n) is 9.13. The van der Waals surface area contributed by atoms with Crippen molar-refractivity contribution >= 4 is 34.9 Å². The number of nitrogens with zero attached hydrogens (tertiary/aromatic N) is 2. The van der Waals surface area contributed by atoms with Gasteiger partial charge < -0.3 is 4.74 Å². The van der Waals surface area contributed by atoms with Gasteiger partial charge in [0.15, 0.2) is 5.78 Å². The van der Waals surface area contributed by atoms with Crippen molar-refractivity contribution in [2.75, 3.05) is 20.7 Å². The van der Waals surface area contributed by atoms with Crippen molar-refractivity contribution < 1.29 is 23.9 Å². The fourth-order valence-electron chi connectivity index (χ4n) is 6.02. The molecule has 2 amide bonds. The number of hydrogen-bond acceptors (Lipinski definition) is 7. The first kappa shape index (κ1) is 22.0. The highest BCUT2D eigenvalue weighted by Crippen LogP contribution is 2.58. The minimum absolute atomic E-state index is 0.0314. The standard InChI is InChI=1S/C25H26N2O5S/c1-14(28)17-12-18(33-13-17)15-6-8-16(9-7-15)21-19-20(23(30)26(2)22(19)29)25(24(31)32-3)10-4-5-11-27(21)25/h6-9,12-13,19-21H,4-5,10-11H2,1-3H3/t19?,20?,21?,25-/m0/s1. The number of methoxy groups -OCH3 is 1. The van der Waals surface area contributed by atoms with Crippen LogP contribution in [0.2, 0.25) is 0 Å². The molecular weight excluding hydrogens is 440 g/mol. The van der Waals surface area contributed by atoms with Gasteiger partial charge in [-0.25, -0.2) is 0 Å². The topological polar surface area (TPSA) is 84.0 Å². The maximum Gasteiger partial charge on any atom is 0.327 e. The molecule has 3 saturated heterocycles. The van der Waals surface area contributed by atoms with Gasteiger partial charge in [-0.2, -0.15) is 0 Å². The number of carbonyl (C=O) groups excluding carboxylic acids is 4. The number of amides is 2. The van der Waals surface area contributed by atoms with Crippen LogP contribution >= 0.6 is 11.3 Å². The molecule has 0 bridgehead atoms. The Morgan fingerprint density at radius 2 is 1.85 bits per heavy atom. The minimum atomic E-state index is -1.11. The maximum absolute atomic E-state index is 13.2. The van der Waals surface area contributed by atoms with Gasteiger partial charge in [-0.15, -0.1) is 11.3 Å². The Kier molecular flexibility index (Phi) is 5.25. The van der Waals surface area contributed by atoms with Crippen molar-refractivity contribution in [2.24, 2.45) is 11.8 Å². The van der Waals surface area contributed by atoms with Crippen LogP contribution in [-0.2, 0) is 19.1 Å². The number of benzene rings is 1. The van der Waals surface area contributed by atoms with E-state index >= 15 is 0 Å². The first-order valence-electron chi connectivity index (χ1n) is 11.2. The highest BCUT2D eigenvalue weighted by atomic mass is 32.1. The summed E-state index contributed by atoms with van der Waals surface area (Å²) in [5.74, 6) is -2.27. The summed E-state index contributed by atoms with van der Waals surface area (Å²) in [5.41, 5.74) is 1.46. The second-order valence-corrected chi connectivity index (χ2v) is 10.0. The van der Waals surface area contributed by atoms with E-state index in [0.717, 1.165) is 28.8 Å². The number of ketones is 1. The lowest BCUT2D eigenvalue weighted by atomic mass is 9.75. The lowest BCUT2D eigenvalue weighted by molar-refractivity contribution is -0.163. The quantitative estimate of drug-likeness (QED) is 0.391. The summed E-state index contributed by atoms with van der Waals surface area (Å²) in [6.07, 6.45) is 2.21. The monoisotopic (exact) mass is 466 g/mol. The van der Waals surface area contributed by atoms with Gasteiger partial charge in [-0.05, 0) is 49.9 Å². The first-order chi connectivity index (χ1) is 15.8. The molecule has 0 saturated carbocycles. The Morgan fingerprint density at radius 3 is 2.48 bits per heavy atom. The van der Waals surface area contributed by atoms with Crippen LogP contribution in [0, 0.1) is 11.8 Å². The average Bonchev–Trinajstić information content (AvgIpc) is 3.49. The van der Waals surface area contributed by atoms with Gasteiger partial charge in [-0.1, -0.05) is 24.3 Å². The van der Waals surface area contributed by atoms with E-state index in [0.29, 0.717) is 18.5 Å². The number of Topliss-reactive ketones (excluding diaryl/α,β-unsaturated/α-hetero) is 1. The zero-order valence-corrected chi connectivity index (χ0v) is 19.7. The van der Waals surface area contributed by atoms with Crippen molar-refractivity contribution in [3.8, 4) is 10.4 Å². The lowest BCUT2D eigenvalue weighted by Gasteiger charge is -2.44. The van der Waals surface area contributed by atoms with E-state index in [9.17, 15) is 19.2 Å². The lowest BCUT2D eigenvalue weighted by Crippen LogP contribution is -2.59. The molecule has 4 heterocycles. The number of hydrogen-bond donors (Lipinski definition) is 0. The molecular formula is C25H26N2O5S. The number of thiophene rings is 1. The van der Waals surface area contributed by atoms with Gasteiger partial charge in [0.1, 0.15) is 5.54 Å². The molecule has 2 aromatic rings. The van der Waals surface area contributed by atoms with Crippen molar-refractivity contribution in [1.82, 2.24) is 9.80 Å². The van der Waals surface area contributed by atoms with E-state index in [1.54, 1.807) is 6.92 Å². The molecule has 5 rings (SSSR count). The van der Waals surface area contributed by atoms with Crippen molar-refractivity contribution in [1.29, 1.82) is 0 Å². The molecule has 172 valence electrons. The maximum atomic E-state index is 13.2. The zero-order valence-electron chi connectivity index (χ0n) is 18.9. The highest BCUT2D eigenvalue weighted by Gasteiger charge is 2.72. The fraction of sp³-hybridized carbons (Fsp3) is 0.440. The van der Waals surface area contributed by atoms with Crippen molar-refractivity contribution in [3.63, 3.8) is 0 Å². The Labute approximate surface area is 196 Å². The highest BCUT2D eigenvalue weighted by molar-refractivity contribution is 7.13. The SMILES string of the molecule is COC(=O)[C@@]12CCCCN1C(c1ccc(-c3cc(C(C)=O)cs3)cc1)C1C(=O)N(C)C(=O)C12. The van der Waals surface area contributed by atoms with Gasteiger partial charge in [0.05, 0.1) is 18.9 Å². The molecule has 7 nitrogen and oxygen atoms in total. The smallest absolute Gasteiger partial charge is 0.327 e. The number of likely N-dealkylation sites (tertiary alicyclic amines) is 1. The third kappa shape index (κ3) is 3.04. The molecule has 0 N–H and O–H groups in total. The second kappa shape index (κ2) is 7.88. The molecule has 33 heavy (non-hydrogen) atoms. The summed E-state index contributed by atoms with van der Waals surface area (Å²) >= 11 is 1.51. The zero-order chi connectivity index (χ0) is 23.5. The summed E-state index contributed by atoms with van der Waals surface area (Å²) in [6, 6.07) is 9.42. The molecule has 3 fully saturated rings. The fourth-order valence-corrected chi connectivity index (χ4v) is 6.97. The summed E-state index contributed by atoms with van der Waals surface area (Å²) < 4.78 is 5.22. The Balaban J connectivity index is 1.58. The van der Waals surface area contributed by atoms with Crippen LogP contribution in [0.4, 0.5) is 0 Å². The third-order valence-electron chi connectivity index (χ3n) is 7.56. The predicted octanol–water partition coefficient (Wildman–Crippen LogP) is 3.30. The summed E-state index contributed by atoms with van der Waals surface area (Å²) in [6.45, 7) is 2.18. The number of imide groups is 1. The van der Waals surface area contributed by atoms with E-state index in [1.807, 2.05) is 35.7 Å². The van der Waals surface area contributed by atoms with Crippen LogP contribution in [0.15, 0.2) is 35.7 Å². The molecule has 1 aromatic heterocycles. The minimum Gasteiger partial charge on any atom is -0.468 e. The summed E-state index contributed by atoms with van der Waals surface area (Å²) in [4.78, 5) is 55.5. The molecule has 0 radical (unpaired) electrons. The number of piperidine rings is 1. The summed E-state index contributed by atoms with van der Waals surface area (Å²) in [7, 11) is 2.85. The third-order valence-corrected chi connectivity index (χ3v) is 8.54. The Bertz CT molecular complexity index is 1160. The van der Waals surface area contributed by atoms with E-state index in [1.165, 1.54) is 30.4 Å². The van der Waals surface area contributed by atoms with Crippen LogP contribution in [0.5, 0.6) is 0 Å². The molecule has 3 aliphatic heterocycles. The summed E-state index contributed by atoms with van der Waals surface area (Å²) in [5, 5.41) is 1.85. The molecule has 0 aliphatic carbocycles. The Morgan fingerprint density at radius 1 is 1.12 bits per heavy atom. The molecule has 8 heteroatoms. The number of fused-ring (bicyclic) bond motifs is 3. The van der Waals surface area contributed by atoms with E-state index in [-0.39, 0.29) is 23.6 Å². The van der Waals surface area contributed by atoms with E-state index < -0.39 is 23.3 Å². The van der Waals surface area contributed by atoms with Crippen molar-refractivity contribution in [3.05, 3.63) is 46.8 Å². The molecule has 4 atom stereocenters. The van der Waals surface area contributed by atoms with Gasteiger partial charge >= 0.3 is 5.97 Å².